The van der Waals surface area contributed by atoms with E-state index in [1.54, 1.807) is 18.2 Å². The van der Waals surface area contributed by atoms with Crippen LogP contribution < -0.4 is 5.32 Å². The van der Waals surface area contributed by atoms with Crippen LogP contribution in [0.25, 0.3) is 11.8 Å². The van der Waals surface area contributed by atoms with Crippen molar-refractivity contribution in [3.63, 3.8) is 0 Å². The molecule has 4 nitrogen and oxygen atoms in total. The van der Waals surface area contributed by atoms with Gasteiger partial charge in [-0.15, -0.1) is 0 Å². The van der Waals surface area contributed by atoms with E-state index in [-0.39, 0.29) is 5.57 Å². The molecule has 0 bridgehead atoms. The first-order valence-corrected chi connectivity index (χ1v) is 9.69. The zero-order valence-corrected chi connectivity index (χ0v) is 17.7. The molecule has 3 rings (SSSR count). The molecule has 0 spiro atoms. The molecular formula is C22H17BrClN3O. The molecule has 0 aliphatic rings. The van der Waals surface area contributed by atoms with Gasteiger partial charge in [0, 0.05) is 32.3 Å². The van der Waals surface area contributed by atoms with Gasteiger partial charge in [-0.05, 0) is 68.0 Å². The first-order valence-electron chi connectivity index (χ1n) is 8.52. The van der Waals surface area contributed by atoms with Crippen LogP contribution >= 0.6 is 27.5 Å². The lowest BCUT2D eigenvalue weighted by Crippen LogP contribution is -2.13. The minimum absolute atomic E-state index is 0.0336. The number of nitrogens with zero attached hydrogens (tertiary/aromatic N) is 2. The number of carbonyl (C=O) groups excluding carboxylic acids is 1. The lowest BCUT2D eigenvalue weighted by molar-refractivity contribution is -0.112. The molecule has 1 N–H and O–H groups in total. The molecule has 0 atom stereocenters. The van der Waals surface area contributed by atoms with Gasteiger partial charge in [0.2, 0.25) is 0 Å². The number of aromatic nitrogens is 1. The Kier molecular flexibility index (Phi) is 6.03. The summed E-state index contributed by atoms with van der Waals surface area (Å²) in [5.41, 5.74) is 4.28. The molecule has 0 saturated carbocycles. The normalized spacial score (nSPS) is 11.2. The number of nitrogens with one attached hydrogen (secondary N) is 1. The predicted octanol–water partition coefficient (Wildman–Crippen LogP) is 6.06. The van der Waals surface area contributed by atoms with Gasteiger partial charge in [-0.3, -0.25) is 4.79 Å². The molecule has 2 aromatic carbocycles. The van der Waals surface area contributed by atoms with Gasteiger partial charge >= 0.3 is 0 Å². The second-order valence-corrected chi connectivity index (χ2v) is 7.63. The Balaban J connectivity index is 1.94. The molecule has 1 aromatic heterocycles. The topological polar surface area (TPSA) is 57.8 Å². The summed E-state index contributed by atoms with van der Waals surface area (Å²) >= 11 is 9.48. The number of benzene rings is 2. The Hall–Kier alpha value is -2.81. The van der Waals surface area contributed by atoms with E-state index in [9.17, 15) is 10.1 Å². The van der Waals surface area contributed by atoms with Gasteiger partial charge in [-0.25, -0.2) is 0 Å². The van der Waals surface area contributed by atoms with E-state index in [4.69, 9.17) is 11.6 Å². The van der Waals surface area contributed by atoms with Crippen molar-refractivity contribution in [2.24, 2.45) is 0 Å². The van der Waals surface area contributed by atoms with Crippen LogP contribution in [0.15, 0.2) is 64.6 Å². The van der Waals surface area contributed by atoms with Crippen molar-refractivity contribution in [2.75, 3.05) is 5.32 Å². The summed E-state index contributed by atoms with van der Waals surface area (Å²) in [4.78, 5) is 12.5. The second-order valence-electron chi connectivity index (χ2n) is 6.28. The number of rotatable bonds is 4. The number of carbonyl (C=O) groups is 1. The van der Waals surface area contributed by atoms with Gasteiger partial charge in [0.05, 0.1) is 0 Å². The monoisotopic (exact) mass is 453 g/mol. The average molecular weight is 455 g/mol. The van der Waals surface area contributed by atoms with E-state index in [1.165, 1.54) is 0 Å². The molecule has 0 aliphatic heterocycles. The van der Waals surface area contributed by atoms with Gasteiger partial charge in [0.25, 0.3) is 5.91 Å². The summed E-state index contributed by atoms with van der Waals surface area (Å²) in [5.74, 6) is -0.451. The van der Waals surface area contributed by atoms with Crippen molar-refractivity contribution in [3.8, 4) is 11.8 Å². The summed E-state index contributed by atoms with van der Waals surface area (Å²) in [6, 6.07) is 18.7. The van der Waals surface area contributed by atoms with Crippen molar-refractivity contribution in [1.29, 1.82) is 5.26 Å². The summed E-state index contributed by atoms with van der Waals surface area (Å²) in [5, 5.41) is 12.9. The first kappa shape index (κ1) is 19.9. The highest BCUT2D eigenvalue weighted by molar-refractivity contribution is 9.10. The van der Waals surface area contributed by atoms with Crippen molar-refractivity contribution < 1.29 is 4.79 Å². The highest BCUT2D eigenvalue weighted by Gasteiger charge is 2.14. The maximum absolute atomic E-state index is 12.5. The number of hydrogen-bond acceptors (Lipinski definition) is 2. The zero-order valence-electron chi connectivity index (χ0n) is 15.3. The van der Waals surface area contributed by atoms with E-state index < -0.39 is 5.91 Å². The molecule has 140 valence electrons. The average Bonchev–Trinajstić information content (AvgIpc) is 2.92. The van der Waals surface area contributed by atoms with E-state index in [0.29, 0.717) is 10.7 Å². The zero-order chi connectivity index (χ0) is 20.3. The Bertz CT molecular complexity index is 1130. The molecule has 0 unspecified atom stereocenters. The Morgan fingerprint density at radius 2 is 1.93 bits per heavy atom. The molecule has 1 amide bonds. The van der Waals surface area contributed by atoms with Gasteiger partial charge in [-0.1, -0.05) is 39.7 Å². The summed E-state index contributed by atoms with van der Waals surface area (Å²) in [7, 11) is 0. The van der Waals surface area contributed by atoms with Crippen LogP contribution in [-0.4, -0.2) is 10.5 Å². The number of aryl methyl sites for hydroxylation is 1. The van der Waals surface area contributed by atoms with E-state index in [1.807, 2.05) is 66.9 Å². The van der Waals surface area contributed by atoms with Crippen LogP contribution in [0.2, 0.25) is 5.02 Å². The highest BCUT2D eigenvalue weighted by Crippen LogP contribution is 2.25. The first-order chi connectivity index (χ1) is 13.4. The standard InChI is InChI=1S/C22H17BrClN3O/c1-14-9-16(15(2)27(14)21-8-4-6-19(24)12-21)10-17(13-25)22(28)26-20-7-3-5-18(23)11-20/h3-12H,1-2H3,(H,26,28)/b17-10-. The highest BCUT2D eigenvalue weighted by atomic mass is 79.9. The number of halogens is 2. The fourth-order valence-corrected chi connectivity index (χ4v) is 3.60. The van der Waals surface area contributed by atoms with Crippen molar-refractivity contribution in [1.82, 2.24) is 4.57 Å². The Morgan fingerprint density at radius 3 is 2.61 bits per heavy atom. The summed E-state index contributed by atoms with van der Waals surface area (Å²) in [6.07, 6.45) is 1.61. The van der Waals surface area contributed by atoms with Crippen LogP contribution in [0.4, 0.5) is 5.69 Å². The SMILES string of the molecule is Cc1cc(/C=C(/C#N)C(=O)Nc2cccc(Br)c2)c(C)n1-c1cccc(Cl)c1. The predicted molar refractivity (Wildman–Crippen MR) is 117 cm³/mol. The fraction of sp³-hybridized carbons (Fsp3) is 0.0909. The molecule has 0 fully saturated rings. The molecule has 1 heterocycles. The largest absolute Gasteiger partial charge is 0.321 e. The van der Waals surface area contributed by atoms with E-state index >= 15 is 0 Å². The van der Waals surface area contributed by atoms with Crippen LogP contribution in [0.1, 0.15) is 17.0 Å². The molecule has 0 saturated heterocycles. The Morgan fingerprint density at radius 1 is 1.18 bits per heavy atom. The van der Waals surface area contributed by atoms with Gasteiger partial charge in [-0.2, -0.15) is 5.26 Å². The molecule has 3 aromatic rings. The maximum Gasteiger partial charge on any atom is 0.266 e. The van der Waals surface area contributed by atoms with Crippen LogP contribution in [0.3, 0.4) is 0 Å². The molecule has 0 radical (unpaired) electrons. The number of hydrogen-bond donors (Lipinski definition) is 1. The summed E-state index contributed by atoms with van der Waals surface area (Å²) in [6.45, 7) is 3.92. The fourth-order valence-electron chi connectivity index (χ4n) is 3.02. The minimum Gasteiger partial charge on any atom is -0.321 e. The van der Waals surface area contributed by atoms with Crippen LogP contribution in [0.5, 0.6) is 0 Å². The summed E-state index contributed by atoms with van der Waals surface area (Å²) < 4.78 is 2.89. The van der Waals surface area contributed by atoms with Crippen molar-refractivity contribution in [2.45, 2.75) is 13.8 Å². The van der Waals surface area contributed by atoms with Gasteiger partial charge < -0.3 is 9.88 Å². The quantitative estimate of drug-likeness (QED) is 0.385. The van der Waals surface area contributed by atoms with Crippen molar-refractivity contribution >= 4 is 45.2 Å². The van der Waals surface area contributed by atoms with Crippen molar-refractivity contribution in [3.05, 3.63) is 86.6 Å². The smallest absolute Gasteiger partial charge is 0.266 e. The third-order valence-corrected chi connectivity index (χ3v) is 5.01. The molecule has 28 heavy (non-hydrogen) atoms. The molecule has 6 heteroatoms. The molecule has 0 aliphatic carbocycles. The van der Waals surface area contributed by atoms with E-state index in [0.717, 1.165) is 27.1 Å². The number of amides is 1. The number of nitriles is 1. The Labute approximate surface area is 177 Å². The van der Waals surface area contributed by atoms with Gasteiger partial charge in [0.1, 0.15) is 11.6 Å². The lowest BCUT2D eigenvalue weighted by Gasteiger charge is -2.10. The third kappa shape index (κ3) is 4.36. The third-order valence-electron chi connectivity index (χ3n) is 4.28. The molecular weight excluding hydrogens is 438 g/mol. The lowest BCUT2D eigenvalue weighted by atomic mass is 10.1. The number of anilines is 1. The maximum atomic E-state index is 12.5. The van der Waals surface area contributed by atoms with Gasteiger partial charge in [0.15, 0.2) is 0 Å². The van der Waals surface area contributed by atoms with Crippen LogP contribution in [-0.2, 0) is 4.79 Å². The second kappa shape index (κ2) is 8.47. The van der Waals surface area contributed by atoms with Crippen LogP contribution in [0, 0.1) is 25.2 Å². The minimum atomic E-state index is -0.451. The van der Waals surface area contributed by atoms with E-state index in [2.05, 4.69) is 21.2 Å².